The molecule has 0 bridgehead atoms. The standard InChI is InChI=1S/C27H34N2O4/c1-5-6-17-33-21-13-14-22(19(2)18-21)25(30)23-24(20-11-8-7-9-12-20)29(27(32)26(23)31)16-10-15-28(3)4/h7-9,11-14,18,24,30H,5-6,10,15-17H2,1-4H3/b25-23+/t24-/m0/s1. The summed E-state index contributed by atoms with van der Waals surface area (Å²) in [5, 5.41) is 11.3. The molecule has 1 heterocycles. The van der Waals surface area contributed by atoms with E-state index in [9.17, 15) is 14.7 Å². The number of rotatable bonds is 10. The SMILES string of the molecule is CCCCOc1ccc(/C(O)=C2\C(=O)C(=O)N(CCCN(C)C)[C@H]2c2ccccc2)c(C)c1. The van der Waals surface area contributed by atoms with Crippen LogP contribution in [0.1, 0.15) is 48.9 Å². The molecule has 6 heteroatoms. The third-order valence-electron chi connectivity index (χ3n) is 5.88. The number of ether oxygens (including phenoxy) is 1. The van der Waals surface area contributed by atoms with Crippen LogP contribution in [0.25, 0.3) is 5.76 Å². The Morgan fingerprint density at radius 1 is 1.09 bits per heavy atom. The maximum Gasteiger partial charge on any atom is 0.295 e. The zero-order valence-electron chi connectivity index (χ0n) is 20.0. The molecule has 2 aromatic carbocycles. The van der Waals surface area contributed by atoms with Crippen LogP contribution >= 0.6 is 0 Å². The van der Waals surface area contributed by atoms with Crippen LogP contribution in [0.5, 0.6) is 5.75 Å². The zero-order chi connectivity index (χ0) is 24.0. The second-order valence-corrected chi connectivity index (χ2v) is 8.74. The summed E-state index contributed by atoms with van der Waals surface area (Å²) < 4.78 is 5.77. The lowest BCUT2D eigenvalue weighted by Gasteiger charge is -2.26. The molecule has 3 rings (SSSR count). The van der Waals surface area contributed by atoms with Gasteiger partial charge in [0, 0.05) is 12.1 Å². The third-order valence-corrected chi connectivity index (χ3v) is 5.88. The number of hydrogen-bond donors (Lipinski definition) is 1. The van der Waals surface area contributed by atoms with Crippen molar-refractivity contribution in [2.75, 3.05) is 33.8 Å². The second kappa shape index (κ2) is 11.1. The van der Waals surface area contributed by atoms with Gasteiger partial charge in [-0.05, 0) is 69.7 Å². The first-order valence-corrected chi connectivity index (χ1v) is 11.6. The van der Waals surface area contributed by atoms with Crippen molar-refractivity contribution in [3.8, 4) is 5.75 Å². The van der Waals surface area contributed by atoms with Crippen molar-refractivity contribution in [3.05, 3.63) is 70.8 Å². The average Bonchev–Trinajstić information content (AvgIpc) is 3.04. The summed E-state index contributed by atoms with van der Waals surface area (Å²) in [6, 6.07) is 14.2. The van der Waals surface area contributed by atoms with Crippen molar-refractivity contribution in [1.82, 2.24) is 9.80 Å². The summed E-state index contributed by atoms with van der Waals surface area (Å²) in [4.78, 5) is 29.7. The number of hydrogen-bond acceptors (Lipinski definition) is 5. The van der Waals surface area contributed by atoms with Crippen LogP contribution in [0.2, 0.25) is 0 Å². The number of amides is 1. The molecule has 0 aliphatic carbocycles. The molecule has 6 nitrogen and oxygen atoms in total. The maximum atomic E-state index is 13.1. The van der Waals surface area contributed by atoms with Crippen molar-refractivity contribution >= 4 is 17.4 Å². The van der Waals surface area contributed by atoms with E-state index >= 15 is 0 Å². The molecular weight excluding hydrogens is 416 g/mol. The summed E-state index contributed by atoms with van der Waals surface area (Å²) in [6.45, 7) is 5.83. The van der Waals surface area contributed by atoms with Crippen LogP contribution in [0.4, 0.5) is 0 Å². The van der Waals surface area contributed by atoms with E-state index in [0.29, 0.717) is 18.7 Å². The number of unbranched alkanes of at least 4 members (excludes halogenated alkanes) is 1. The lowest BCUT2D eigenvalue weighted by molar-refractivity contribution is -0.139. The Balaban J connectivity index is 2.00. The van der Waals surface area contributed by atoms with Crippen molar-refractivity contribution < 1.29 is 19.4 Å². The van der Waals surface area contributed by atoms with Gasteiger partial charge < -0.3 is 19.6 Å². The van der Waals surface area contributed by atoms with Gasteiger partial charge in [-0.15, -0.1) is 0 Å². The van der Waals surface area contributed by atoms with E-state index < -0.39 is 17.7 Å². The fourth-order valence-electron chi connectivity index (χ4n) is 4.12. The Bertz CT molecular complexity index is 1010. The number of aliphatic hydroxyl groups excluding tert-OH is 1. The van der Waals surface area contributed by atoms with Gasteiger partial charge in [-0.25, -0.2) is 0 Å². The normalized spacial score (nSPS) is 17.7. The number of likely N-dealkylation sites (tertiary alicyclic amines) is 1. The molecule has 0 saturated carbocycles. The summed E-state index contributed by atoms with van der Waals surface area (Å²) >= 11 is 0. The minimum Gasteiger partial charge on any atom is -0.507 e. The highest BCUT2D eigenvalue weighted by molar-refractivity contribution is 6.46. The first-order chi connectivity index (χ1) is 15.8. The number of nitrogens with zero attached hydrogens (tertiary/aromatic N) is 2. The molecule has 0 aromatic heterocycles. The molecule has 1 aliphatic rings. The summed E-state index contributed by atoms with van der Waals surface area (Å²) in [5.41, 5.74) is 2.26. The van der Waals surface area contributed by atoms with Gasteiger partial charge in [0.15, 0.2) is 0 Å². The van der Waals surface area contributed by atoms with Gasteiger partial charge in [-0.2, -0.15) is 0 Å². The van der Waals surface area contributed by atoms with Crippen LogP contribution in [0.15, 0.2) is 54.1 Å². The van der Waals surface area contributed by atoms with E-state index in [0.717, 1.165) is 42.7 Å². The van der Waals surface area contributed by atoms with Gasteiger partial charge in [0.1, 0.15) is 11.5 Å². The third kappa shape index (κ3) is 5.63. The molecule has 33 heavy (non-hydrogen) atoms. The molecule has 1 aliphatic heterocycles. The number of ketones is 1. The number of aliphatic hydroxyl groups is 1. The highest BCUT2D eigenvalue weighted by Crippen LogP contribution is 2.40. The van der Waals surface area contributed by atoms with E-state index in [1.807, 2.05) is 62.3 Å². The molecule has 176 valence electrons. The molecule has 0 spiro atoms. The van der Waals surface area contributed by atoms with E-state index in [-0.39, 0.29) is 11.3 Å². The Labute approximate surface area is 196 Å². The molecule has 1 N–H and O–H groups in total. The maximum absolute atomic E-state index is 13.1. The summed E-state index contributed by atoms with van der Waals surface area (Å²) in [6.07, 6.45) is 2.74. The van der Waals surface area contributed by atoms with Crippen molar-refractivity contribution in [2.24, 2.45) is 0 Å². The van der Waals surface area contributed by atoms with Gasteiger partial charge in [0.25, 0.3) is 11.7 Å². The Morgan fingerprint density at radius 3 is 2.45 bits per heavy atom. The fourth-order valence-corrected chi connectivity index (χ4v) is 4.12. The van der Waals surface area contributed by atoms with Gasteiger partial charge in [0.05, 0.1) is 18.2 Å². The van der Waals surface area contributed by atoms with Crippen LogP contribution < -0.4 is 4.74 Å². The van der Waals surface area contributed by atoms with E-state index in [1.165, 1.54) is 0 Å². The number of carbonyl (C=O) groups is 2. The molecule has 1 amide bonds. The van der Waals surface area contributed by atoms with Crippen LogP contribution in [0, 0.1) is 6.92 Å². The molecule has 0 unspecified atom stereocenters. The topological polar surface area (TPSA) is 70.1 Å². The van der Waals surface area contributed by atoms with E-state index in [2.05, 4.69) is 6.92 Å². The summed E-state index contributed by atoms with van der Waals surface area (Å²) in [7, 11) is 3.95. The lowest BCUT2D eigenvalue weighted by atomic mass is 9.94. The van der Waals surface area contributed by atoms with Gasteiger partial charge in [-0.3, -0.25) is 9.59 Å². The summed E-state index contributed by atoms with van der Waals surface area (Å²) in [5.74, 6) is -0.633. The Hall–Kier alpha value is -3.12. The Kier molecular flexibility index (Phi) is 8.28. The molecule has 1 fully saturated rings. The van der Waals surface area contributed by atoms with E-state index in [1.54, 1.807) is 17.0 Å². The largest absolute Gasteiger partial charge is 0.507 e. The van der Waals surface area contributed by atoms with Gasteiger partial charge in [-0.1, -0.05) is 43.7 Å². The van der Waals surface area contributed by atoms with Crippen LogP contribution in [-0.4, -0.2) is 60.4 Å². The number of carbonyl (C=O) groups excluding carboxylic acids is 2. The van der Waals surface area contributed by atoms with Gasteiger partial charge in [0.2, 0.25) is 0 Å². The number of benzene rings is 2. The molecule has 1 atom stereocenters. The van der Waals surface area contributed by atoms with Crippen LogP contribution in [0.3, 0.4) is 0 Å². The average molecular weight is 451 g/mol. The predicted molar refractivity (Wildman–Crippen MR) is 130 cm³/mol. The zero-order valence-corrected chi connectivity index (χ0v) is 20.0. The second-order valence-electron chi connectivity index (χ2n) is 8.74. The van der Waals surface area contributed by atoms with Crippen molar-refractivity contribution in [3.63, 3.8) is 0 Å². The minimum atomic E-state index is -0.645. The lowest BCUT2D eigenvalue weighted by Crippen LogP contribution is -2.32. The monoisotopic (exact) mass is 450 g/mol. The Morgan fingerprint density at radius 2 is 1.82 bits per heavy atom. The molecule has 2 aromatic rings. The van der Waals surface area contributed by atoms with E-state index in [4.69, 9.17) is 4.74 Å². The predicted octanol–water partition coefficient (Wildman–Crippen LogP) is 4.55. The van der Waals surface area contributed by atoms with Gasteiger partial charge >= 0.3 is 0 Å². The highest BCUT2D eigenvalue weighted by Gasteiger charge is 2.45. The molecule has 1 saturated heterocycles. The number of Topliss-reactive ketones (excluding diaryl/α,β-unsaturated/α-hetero) is 1. The first kappa shape index (κ1) is 24.5. The quantitative estimate of drug-likeness (QED) is 0.249. The molecule has 0 radical (unpaired) electrons. The van der Waals surface area contributed by atoms with Crippen molar-refractivity contribution in [2.45, 2.75) is 39.2 Å². The first-order valence-electron chi connectivity index (χ1n) is 11.6. The fraction of sp³-hybridized carbons (Fsp3) is 0.407. The molecular formula is C27H34N2O4. The smallest absolute Gasteiger partial charge is 0.295 e. The number of aryl methyl sites for hydroxylation is 1. The minimum absolute atomic E-state index is 0.138. The van der Waals surface area contributed by atoms with Crippen LogP contribution in [-0.2, 0) is 9.59 Å². The van der Waals surface area contributed by atoms with Crippen molar-refractivity contribution in [1.29, 1.82) is 0 Å². The highest BCUT2D eigenvalue weighted by atomic mass is 16.5.